The second-order valence-electron chi connectivity index (χ2n) is 7.29. The molecular formula is C17H23N3OS. The summed E-state index contributed by atoms with van der Waals surface area (Å²) in [5.74, 6) is 3.21. The number of carbonyl (C=O) groups is 1. The molecule has 3 aliphatic heterocycles. The molecule has 3 fully saturated rings. The Bertz CT molecular complexity index is 575. The average molecular weight is 317 g/mol. The fraction of sp³-hybridized carbons (Fsp3) is 0.765. The minimum atomic E-state index is -0.460. The molecule has 118 valence electrons. The van der Waals surface area contributed by atoms with Crippen LogP contribution >= 0.6 is 11.8 Å². The van der Waals surface area contributed by atoms with Gasteiger partial charge in [0.15, 0.2) is 0 Å². The maximum atomic E-state index is 12.7. The lowest BCUT2D eigenvalue weighted by Gasteiger charge is -2.59. The summed E-state index contributed by atoms with van der Waals surface area (Å²) in [6.07, 6.45) is 7.17. The number of carbonyl (C=O) groups excluding carboxylic acids is 1. The fourth-order valence-corrected chi connectivity index (χ4v) is 6.88. The van der Waals surface area contributed by atoms with Crippen LogP contribution in [0.3, 0.4) is 0 Å². The smallest absolute Gasteiger partial charge is 0.230 e. The number of fused-ring (bicyclic) bond motifs is 1. The fourth-order valence-electron chi connectivity index (χ4n) is 5.49. The van der Waals surface area contributed by atoms with E-state index in [1.54, 1.807) is 0 Å². The molecule has 3 heterocycles. The van der Waals surface area contributed by atoms with E-state index in [-0.39, 0.29) is 11.8 Å². The molecule has 5 heteroatoms. The molecule has 3 N–H and O–H groups in total. The number of hydrogen-bond donors (Lipinski definition) is 2. The molecule has 0 unspecified atom stereocenters. The van der Waals surface area contributed by atoms with Gasteiger partial charge in [-0.1, -0.05) is 32.1 Å². The molecule has 1 saturated carbocycles. The van der Waals surface area contributed by atoms with Gasteiger partial charge in [0, 0.05) is 11.6 Å². The molecular weight excluding hydrogens is 294 g/mol. The van der Waals surface area contributed by atoms with Crippen molar-refractivity contribution in [3.8, 4) is 6.07 Å². The molecule has 0 aromatic heterocycles. The SMILES string of the molecule is N#CC1=C(N)[C@@H]2C(=O)N[C@]13CCSC[C@@H]3[C@@H]2C1CCCCC1. The standard InChI is InChI=1S/C17H23N3OS/c18-8-11-15(19)14-13(10-4-2-1-3-5-10)12-9-22-7-6-17(11,12)20-16(14)21/h10,12-14H,1-7,9,19H2,(H,20,21)/t12-,13+,14-,17-/m1/s1. The Morgan fingerprint density at radius 2 is 2.09 bits per heavy atom. The quantitative estimate of drug-likeness (QED) is 0.777. The third-order valence-corrected chi connectivity index (χ3v) is 7.51. The summed E-state index contributed by atoms with van der Waals surface area (Å²) < 4.78 is 0. The number of nitriles is 1. The molecule has 5 rings (SSSR count). The number of nitrogens with zero attached hydrogens (tertiary/aromatic N) is 1. The molecule has 0 aromatic rings. The van der Waals surface area contributed by atoms with E-state index in [1.165, 1.54) is 32.1 Å². The first-order valence-corrected chi connectivity index (χ1v) is 9.64. The van der Waals surface area contributed by atoms with Crippen molar-refractivity contribution in [3.05, 3.63) is 11.3 Å². The van der Waals surface area contributed by atoms with Gasteiger partial charge in [-0.3, -0.25) is 4.79 Å². The lowest BCUT2D eigenvalue weighted by atomic mass is 9.53. The van der Waals surface area contributed by atoms with Crippen molar-refractivity contribution in [1.29, 1.82) is 5.26 Å². The minimum absolute atomic E-state index is 0.0789. The van der Waals surface area contributed by atoms with Crippen LogP contribution in [-0.4, -0.2) is 23.0 Å². The van der Waals surface area contributed by atoms with Crippen LogP contribution in [0.25, 0.3) is 0 Å². The van der Waals surface area contributed by atoms with Gasteiger partial charge in [0.2, 0.25) is 5.91 Å². The van der Waals surface area contributed by atoms with Crippen LogP contribution in [0.4, 0.5) is 0 Å². The van der Waals surface area contributed by atoms with E-state index in [0.717, 1.165) is 17.9 Å². The van der Waals surface area contributed by atoms with Crippen LogP contribution in [0, 0.1) is 35.0 Å². The van der Waals surface area contributed by atoms with Crippen molar-refractivity contribution in [3.63, 3.8) is 0 Å². The highest BCUT2D eigenvalue weighted by molar-refractivity contribution is 7.99. The Kier molecular flexibility index (Phi) is 3.41. The largest absolute Gasteiger partial charge is 0.401 e. The van der Waals surface area contributed by atoms with Crippen molar-refractivity contribution in [1.82, 2.24) is 5.32 Å². The zero-order valence-electron chi connectivity index (χ0n) is 12.8. The van der Waals surface area contributed by atoms with E-state index in [2.05, 4.69) is 11.4 Å². The Balaban J connectivity index is 1.82. The van der Waals surface area contributed by atoms with E-state index in [1.807, 2.05) is 11.8 Å². The lowest BCUT2D eigenvalue weighted by molar-refractivity contribution is -0.137. The van der Waals surface area contributed by atoms with Gasteiger partial charge < -0.3 is 11.1 Å². The maximum absolute atomic E-state index is 12.7. The van der Waals surface area contributed by atoms with Gasteiger partial charge in [0.05, 0.1) is 23.1 Å². The van der Waals surface area contributed by atoms with E-state index in [0.29, 0.717) is 29.0 Å². The molecule has 4 nitrogen and oxygen atoms in total. The molecule has 2 bridgehead atoms. The molecule has 1 spiro atoms. The van der Waals surface area contributed by atoms with Crippen LogP contribution in [0.15, 0.2) is 11.3 Å². The summed E-state index contributed by atoms with van der Waals surface area (Å²) in [7, 11) is 0. The predicted molar refractivity (Wildman–Crippen MR) is 86.7 cm³/mol. The summed E-state index contributed by atoms with van der Waals surface area (Å²) in [6, 6.07) is 2.35. The highest BCUT2D eigenvalue weighted by atomic mass is 32.2. The summed E-state index contributed by atoms with van der Waals surface area (Å²) in [4.78, 5) is 12.7. The summed E-state index contributed by atoms with van der Waals surface area (Å²) in [5.41, 5.74) is 7.16. The average Bonchev–Trinajstić information content (AvgIpc) is 2.54. The Morgan fingerprint density at radius 1 is 1.32 bits per heavy atom. The Labute approximate surface area is 135 Å². The van der Waals surface area contributed by atoms with Crippen molar-refractivity contribution in [2.45, 2.75) is 44.1 Å². The first-order valence-electron chi connectivity index (χ1n) is 8.49. The topological polar surface area (TPSA) is 78.9 Å². The predicted octanol–water partition coefficient (Wildman–Crippen LogP) is 2.17. The Morgan fingerprint density at radius 3 is 2.82 bits per heavy atom. The van der Waals surface area contributed by atoms with Gasteiger partial charge in [-0.05, 0) is 29.8 Å². The number of hydrogen-bond acceptors (Lipinski definition) is 4. The van der Waals surface area contributed by atoms with Crippen molar-refractivity contribution in [2.24, 2.45) is 29.4 Å². The van der Waals surface area contributed by atoms with Crippen LogP contribution < -0.4 is 11.1 Å². The minimum Gasteiger partial charge on any atom is -0.401 e. The van der Waals surface area contributed by atoms with Gasteiger partial charge >= 0.3 is 0 Å². The number of nitrogens with two attached hydrogens (primary N) is 1. The highest BCUT2D eigenvalue weighted by Crippen LogP contribution is 2.56. The third-order valence-electron chi connectivity index (χ3n) is 6.43. The van der Waals surface area contributed by atoms with Gasteiger partial charge in [-0.2, -0.15) is 17.0 Å². The number of piperidine rings is 1. The van der Waals surface area contributed by atoms with Gasteiger partial charge in [0.1, 0.15) is 0 Å². The second-order valence-corrected chi connectivity index (χ2v) is 8.44. The molecule has 2 aliphatic carbocycles. The molecule has 5 aliphatic rings. The van der Waals surface area contributed by atoms with Gasteiger partial charge in [-0.25, -0.2) is 0 Å². The molecule has 0 aromatic carbocycles. The Hall–Kier alpha value is -1.15. The summed E-state index contributed by atoms with van der Waals surface area (Å²) in [5, 5.41) is 12.9. The zero-order valence-corrected chi connectivity index (χ0v) is 13.6. The van der Waals surface area contributed by atoms with E-state index >= 15 is 0 Å². The molecule has 2 saturated heterocycles. The molecule has 22 heavy (non-hydrogen) atoms. The first kappa shape index (κ1) is 14.4. The number of thioether (sulfide) groups is 1. The molecule has 0 radical (unpaired) electrons. The van der Waals surface area contributed by atoms with Crippen molar-refractivity contribution in [2.75, 3.05) is 11.5 Å². The van der Waals surface area contributed by atoms with Crippen LogP contribution in [0.5, 0.6) is 0 Å². The third kappa shape index (κ3) is 1.79. The van der Waals surface area contributed by atoms with E-state index in [4.69, 9.17) is 5.73 Å². The normalized spacial score (nSPS) is 41.8. The number of rotatable bonds is 1. The van der Waals surface area contributed by atoms with Crippen LogP contribution in [0.1, 0.15) is 38.5 Å². The highest BCUT2D eigenvalue weighted by Gasteiger charge is 2.62. The lowest BCUT2D eigenvalue weighted by Crippen LogP contribution is -2.72. The van der Waals surface area contributed by atoms with E-state index in [9.17, 15) is 10.1 Å². The first-order chi connectivity index (χ1) is 10.7. The van der Waals surface area contributed by atoms with Crippen LogP contribution in [-0.2, 0) is 4.79 Å². The van der Waals surface area contributed by atoms with E-state index < -0.39 is 5.54 Å². The zero-order chi connectivity index (χ0) is 15.3. The number of nitrogens with one attached hydrogen (secondary N) is 1. The monoisotopic (exact) mass is 317 g/mol. The van der Waals surface area contributed by atoms with Crippen molar-refractivity contribution >= 4 is 17.7 Å². The van der Waals surface area contributed by atoms with Gasteiger partial charge in [-0.15, -0.1) is 0 Å². The summed E-state index contributed by atoms with van der Waals surface area (Å²) >= 11 is 1.97. The van der Waals surface area contributed by atoms with Crippen LogP contribution in [0.2, 0.25) is 0 Å². The van der Waals surface area contributed by atoms with Gasteiger partial charge in [0.25, 0.3) is 0 Å². The summed E-state index contributed by atoms with van der Waals surface area (Å²) in [6.45, 7) is 0. The second kappa shape index (κ2) is 5.19. The maximum Gasteiger partial charge on any atom is 0.230 e. The molecule has 1 amide bonds. The molecule has 4 atom stereocenters. The van der Waals surface area contributed by atoms with Crippen molar-refractivity contribution < 1.29 is 4.79 Å². The number of amides is 1.